The van der Waals surface area contributed by atoms with Crippen molar-refractivity contribution in [2.45, 2.75) is 18.8 Å². The molecular formula is C16H14NS. The van der Waals surface area contributed by atoms with E-state index in [-0.39, 0.29) is 1.43 Å². The van der Waals surface area contributed by atoms with Crippen LogP contribution in [-0.2, 0) is 0 Å². The van der Waals surface area contributed by atoms with E-state index in [0.29, 0.717) is 11.5 Å². The Bertz CT molecular complexity index is 633. The molecule has 1 saturated carbocycles. The van der Waals surface area contributed by atoms with Crippen LogP contribution in [0.15, 0.2) is 36.9 Å². The van der Waals surface area contributed by atoms with Crippen LogP contribution in [0.3, 0.4) is 0 Å². The highest BCUT2D eigenvalue weighted by Crippen LogP contribution is 2.45. The maximum Gasteiger partial charge on any atom is 0.0971 e. The van der Waals surface area contributed by atoms with Gasteiger partial charge >= 0.3 is 0 Å². The van der Waals surface area contributed by atoms with Crippen LogP contribution in [0, 0.1) is 12.3 Å². The molecule has 0 aliphatic heterocycles. The summed E-state index contributed by atoms with van der Waals surface area (Å²) in [6, 6.07) is 10.3. The molecule has 0 amide bonds. The van der Waals surface area contributed by atoms with Crippen LogP contribution in [0.2, 0.25) is 0 Å². The molecule has 3 rings (SSSR count). The third-order valence-electron chi connectivity index (χ3n) is 3.07. The first kappa shape index (κ1) is 11.3. The Morgan fingerprint density at radius 3 is 2.72 bits per heavy atom. The SMILES string of the molecule is C#CC(=C)c1nc(C2CC2)sc1-c1ccccc1.[H]. The molecule has 1 heterocycles. The minimum absolute atomic E-state index is 0. The number of aromatic nitrogens is 1. The summed E-state index contributed by atoms with van der Waals surface area (Å²) in [5.74, 6) is 3.26. The Labute approximate surface area is 113 Å². The summed E-state index contributed by atoms with van der Waals surface area (Å²) in [5.41, 5.74) is 2.74. The molecule has 1 radical (unpaired) electrons. The van der Waals surface area contributed by atoms with Gasteiger partial charge in [0.25, 0.3) is 0 Å². The van der Waals surface area contributed by atoms with E-state index in [9.17, 15) is 0 Å². The van der Waals surface area contributed by atoms with Crippen LogP contribution in [0.25, 0.3) is 16.0 Å². The highest BCUT2D eigenvalue weighted by molar-refractivity contribution is 7.15. The van der Waals surface area contributed by atoms with Crippen LogP contribution in [0.4, 0.5) is 0 Å². The molecule has 1 aromatic carbocycles. The largest absolute Gasteiger partial charge is 0.240 e. The average molecular weight is 252 g/mol. The van der Waals surface area contributed by atoms with Gasteiger partial charge in [-0.25, -0.2) is 4.98 Å². The van der Waals surface area contributed by atoms with Crippen molar-refractivity contribution in [3.8, 4) is 22.8 Å². The first-order chi connectivity index (χ1) is 8.79. The van der Waals surface area contributed by atoms with Gasteiger partial charge in [-0.2, -0.15) is 0 Å². The van der Waals surface area contributed by atoms with E-state index in [0.717, 1.165) is 10.6 Å². The minimum Gasteiger partial charge on any atom is -0.240 e. The number of terminal acetylenes is 1. The zero-order valence-electron chi connectivity index (χ0n) is 11.0. The van der Waals surface area contributed by atoms with E-state index < -0.39 is 0 Å². The van der Waals surface area contributed by atoms with Gasteiger partial charge in [-0.1, -0.05) is 42.8 Å². The van der Waals surface area contributed by atoms with Crippen molar-refractivity contribution < 1.29 is 1.43 Å². The van der Waals surface area contributed by atoms with Crippen molar-refractivity contribution in [3.63, 3.8) is 0 Å². The van der Waals surface area contributed by atoms with Crippen LogP contribution >= 0.6 is 11.3 Å². The van der Waals surface area contributed by atoms with E-state index >= 15 is 0 Å². The molecule has 0 N–H and O–H groups in total. The normalized spacial score (nSPS) is 14.2. The van der Waals surface area contributed by atoms with E-state index in [1.54, 1.807) is 11.3 Å². The summed E-state index contributed by atoms with van der Waals surface area (Å²) in [4.78, 5) is 5.85. The van der Waals surface area contributed by atoms with Crippen molar-refractivity contribution in [3.05, 3.63) is 47.6 Å². The minimum atomic E-state index is 0. The highest BCUT2D eigenvalue weighted by atomic mass is 32.1. The van der Waals surface area contributed by atoms with Crippen LogP contribution in [0.1, 0.15) is 30.9 Å². The predicted molar refractivity (Wildman–Crippen MR) is 78.5 cm³/mol. The number of benzene rings is 1. The summed E-state index contributed by atoms with van der Waals surface area (Å²) in [6.07, 6.45) is 7.97. The molecule has 1 fully saturated rings. The molecule has 0 bridgehead atoms. The number of nitrogens with zero attached hydrogens (tertiary/aromatic N) is 1. The number of allylic oxidation sites excluding steroid dienone is 1. The van der Waals surface area contributed by atoms with Crippen LogP contribution in [-0.4, -0.2) is 4.98 Å². The maximum absolute atomic E-state index is 5.47. The van der Waals surface area contributed by atoms with Gasteiger partial charge in [-0.15, -0.1) is 17.8 Å². The third kappa shape index (κ3) is 1.98. The van der Waals surface area contributed by atoms with Gasteiger partial charge in [0.1, 0.15) is 0 Å². The predicted octanol–water partition coefficient (Wildman–Crippen LogP) is 4.45. The number of rotatable bonds is 3. The Balaban J connectivity index is 0.00000133. The van der Waals surface area contributed by atoms with E-state index in [1.165, 1.54) is 23.4 Å². The lowest BCUT2D eigenvalue weighted by Crippen LogP contribution is -1.85. The quantitative estimate of drug-likeness (QED) is 0.736. The fraction of sp³-hybridized carbons (Fsp3) is 0.188. The summed E-state index contributed by atoms with van der Waals surface area (Å²) in [7, 11) is 0. The molecule has 2 heteroatoms. The van der Waals surface area contributed by atoms with Gasteiger partial charge in [0.05, 0.1) is 15.6 Å². The topological polar surface area (TPSA) is 12.9 Å². The molecule has 0 saturated heterocycles. The molecule has 2 aromatic rings. The first-order valence-corrected chi connectivity index (χ1v) is 6.83. The number of hydrogen-bond acceptors (Lipinski definition) is 2. The van der Waals surface area contributed by atoms with Gasteiger partial charge in [0.15, 0.2) is 0 Å². The zero-order chi connectivity index (χ0) is 12.5. The second-order valence-corrected chi connectivity index (χ2v) is 5.52. The monoisotopic (exact) mass is 252 g/mol. The van der Waals surface area contributed by atoms with Crippen molar-refractivity contribution in [1.29, 1.82) is 0 Å². The standard InChI is InChI=1S/C16H13NS.H/c1-3-11(2)14-15(12-7-5-4-6-8-12)18-16(17-14)13-9-10-13;/h1,4-8,13H,2,9-10H2;. The van der Waals surface area contributed by atoms with Crippen LogP contribution in [0.5, 0.6) is 0 Å². The molecular weight excluding hydrogens is 238 g/mol. The van der Waals surface area contributed by atoms with Crippen molar-refractivity contribution >= 4 is 16.9 Å². The smallest absolute Gasteiger partial charge is 0.0971 e. The second kappa shape index (κ2) is 4.44. The second-order valence-electron chi connectivity index (χ2n) is 4.49. The highest BCUT2D eigenvalue weighted by Gasteiger charge is 2.28. The fourth-order valence-corrected chi connectivity index (χ4v) is 3.17. The Kier molecular flexibility index (Phi) is 2.77. The molecule has 89 valence electrons. The molecule has 1 aliphatic carbocycles. The Hall–Kier alpha value is -1.85. The molecule has 0 atom stereocenters. The molecule has 18 heavy (non-hydrogen) atoms. The molecule has 1 aliphatic rings. The van der Waals surface area contributed by atoms with Gasteiger partial charge in [-0.3, -0.25) is 0 Å². The van der Waals surface area contributed by atoms with E-state index in [2.05, 4.69) is 24.6 Å². The summed E-state index contributed by atoms with van der Waals surface area (Å²) < 4.78 is 0. The van der Waals surface area contributed by atoms with Gasteiger partial charge < -0.3 is 0 Å². The van der Waals surface area contributed by atoms with Crippen LogP contribution < -0.4 is 0 Å². The fourth-order valence-electron chi connectivity index (χ4n) is 1.90. The van der Waals surface area contributed by atoms with Gasteiger partial charge in [0.2, 0.25) is 0 Å². The third-order valence-corrected chi connectivity index (χ3v) is 4.33. The van der Waals surface area contributed by atoms with Crippen molar-refractivity contribution in [2.24, 2.45) is 0 Å². The molecule has 0 unspecified atom stereocenters. The average Bonchev–Trinajstić information content (AvgIpc) is 3.18. The molecule has 0 spiro atoms. The first-order valence-electron chi connectivity index (χ1n) is 6.01. The number of thiazole rings is 1. The lowest BCUT2D eigenvalue weighted by molar-refractivity contribution is 1.08. The van der Waals surface area contributed by atoms with E-state index in [1.807, 2.05) is 18.2 Å². The van der Waals surface area contributed by atoms with Gasteiger partial charge in [0, 0.05) is 12.9 Å². The Morgan fingerprint density at radius 1 is 1.39 bits per heavy atom. The lowest BCUT2D eigenvalue weighted by atomic mass is 10.1. The summed E-state index contributed by atoms with van der Waals surface area (Å²) in [6.45, 7) is 3.93. The Morgan fingerprint density at radius 2 is 2.11 bits per heavy atom. The molecule has 1 aromatic heterocycles. The van der Waals surface area contributed by atoms with E-state index in [4.69, 9.17) is 11.4 Å². The van der Waals surface area contributed by atoms with Gasteiger partial charge in [-0.05, 0) is 18.4 Å². The maximum atomic E-state index is 5.47. The summed E-state index contributed by atoms with van der Waals surface area (Å²) >= 11 is 1.76. The van der Waals surface area contributed by atoms with Crippen molar-refractivity contribution in [1.82, 2.24) is 4.98 Å². The lowest BCUT2D eigenvalue weighted by Gasteiger charge is -2.00. The molecule has 1 nitrogen and oxygen atoms in total. The zero-order valence-corrected chi connectivity index (χ0v) is 10.8. The van der Waals surface area contributed by atoms with Crippen molar-refractivity contribution in [2.75, 3.05) is 0 Å². The summed E-state index contributed by atoms with van der Waals surface area (Å²) in [5, 5.41) is 1.21. The number of hydrogen-bond donors (Lipinski definition) is 0.